The van der Waals surface area contributed by atoms with Crippen molar-refractivity contribution in [1.29, 1.82) is 0 Å². The Morgan fingerprint density at radius 3 is 1.66 bits per heavy atom. The molecule has 3 rings (SSSR count). The summed E-state index contributed by atoms with van der Waals surface area (Å²) in [6.07, 6.45) is -0.203. The van der Waals surface area contributed by atoms with Crippen LogP contribution in [-0.4, -0.2) is 289 Å². The number of aliphatic hydroxyl groups excluding tert-OH is 2. The van der Waals surface area contributed by atoms with Crippen LogP contribution >= 0.6 is 0 Å². The quantitative estimate of drug-likeness (QED) is 0.0218. The van der Waals surface area contributed by atoms with Crippen LogP contribution in [0.2, 0.25) is 0 Å². The molecule has 89 heavy (non-hydrogen) atoms. The second kappa shape index (κ2) is 42.8. The number of ether oxygens (including phenoxy) is 2. The second-order valence-electron chi connectivity index (χ2n) is 21.2. The summed E-state index contributed by atoms with van der Waals surface area (Å²) in [7, 11) is 0. The van der Waals surface area contributed by atoms with E-state index in [4.69, 9.17) is 15.2 Å². The van der Waals surface area contributed by atoms with Crippen molar-refractivity contribution in [2.24, 2.45) is 23.5 Å². The Kier molecular flexibility index (Phi) is 37.5. The molecule has 2 unspecified atom stereocenters. The maximum atomic E-state index is 14.1. The number of nitrogens with one attached hydrogen (secondary N) is 5. The number of rotatable bonds is 42. The van der Waals surface area contributed by atoms with E-state index in [1.54, 1.807) is 30.3 Å². The zero-order valence-corrected chi connectivity index (χ0v) is 52.2. The zero-order valence-electron chi connectivity index (χ0n) is 49.8. The van der Waals surface area contributed by atoms with Crippen LogP contribution in [0.15, 0.2) is 42.9 Å². The van der Waals surface area contributed by atoms with E-state index in [2.05, 4.69) is 31.2 Å². The number of carbonyl (C=O) groups is 12. The van der Waals surface area contributed by atoms with Gasteiger partial charge in [-0.1, -0.05) is 30.3 Å². The predicted octanol–water partition coefficient (Wildman–Crippen LogP) is -8.71. The van der Waals surface area contributed by atoms with Crippen LogP contribution in [0.4, 0.5) is 0 Å². The van der Waals surface area contributed by atoms with Crippen molar-refractivity contribution < 1.29 is 103 Å². The smallest absolute Gasteiger partial charge is 0.549 e. The number of carboxylic acid groups (broad SMARTS) is 5. The summed E-state index contributed by atoms with van der Waals surface area (Å²) in [6.45, 7) is -2.13. The molecule has 1 saturated heterocycles. The molecule has 0 spiro atoms. The number of carbonyl (C=O) groups excluding carboxylic acids is 10. The van der Waals surface area contributed by atoms with E-state index in [1.165, 1.54) is 39.0 Å². The summed E-state index contributed by atoms with van der Waals surface area (Å²) < 4.78 is 10.4. The number of aromatic nitrogens is 2. The number of Topliss-reactive ketones (excluding diaryl/α,β-unsaturated/α-hetero) is 3. The van der Waals surface area contributed by atoms with Gasteiger partial charge in [0.05, 0.1) is 81.6 Å². The first-order valence-corrected chi connectivity index (χ1v) is 28.7. The molecule has 32 nitrogen and oxygen atoms in total. The Labute approximate surface area is 527 Å². The van der Waals surface area contributed by atoms with Gasteiger partial charge in [-0.3, -0.25) is 62.8 Å². The number of hydrogen-bond acceptors (Lipinski definition) is 25. The number of benzene rings is 1. The molecule has 4 amide bonds. The number of aliphatic hydroxyl groups is 2. The summed E-state index contributed by atoms with van der Waals surface area (Å²) in [5.74, 6) is -16.7. The molecule has 1 aromatic heterocycles. The van der Waals surface area contributed by atoms with Crippen molar-refractivity contribution in [1.82, 2.24) is 50.8 Å². The Morgan fingerprint density at radius 1 is 0.640 bits per heavy atom. The Morgan fingerprint density at radius 2 is 1.16 bits per heavy atom. The molecule has 490 valence electrons. The van der Waals surface area contributed by atoms with E-state index < -0.39 is 178 Å². The second-order valence-corrected chi connectivity index (χ2v) is 21.2. The third-order valence-corrected chi connectivity index (χ3v) is 14.3. The van der Waals surface area contributed by atoms with Crippen molar-refractivity contribution in [3.8, 4) is 0 Å². The third kappa shape index (κ3) is 31.3. The van der Waals surface area contributed by atoms with Gasteiger partial charge < -0.3 is 91.6 Å². The molecule has 0 bridgehead atoms. The van der Waals surface area contributed by atoms with Crippen LogP contribution in [0.3, 0.4) is 0 Å². The molecule has 11 N–H and O–H groups in total. The molecule has 1 aliphatic heterocycles. The predicted molar refractivity (Wildman–Crippen MR) is 306 cm³/mol. The van der Waals surface area contributed by atoms with Gasteiger partial charge in [0.25, 0.3) is 0 Å². The van der Waals surface area contributed by atoms with Gasteiger partial charge in [-0.25, -0.2) is 4.98 Å². The van der Waals surface area contributed by atoms with Gasteiger partial charge in [-0.05, 0) is 31.7 Å². The Balaban J connectivity index is 0.0000270. The van der Waals surface area contributed by atoms with Gasteiger partial charge in [0, 0.05) is 129 Å². The van der Waals surface area contributed by atoms with Gasteiger partial charge >= 0.3 is 31.7 Å². The van der Waals surface area contributed by atoms with E-state index in [0.717, 1.165) is 0 Å². The molecule has 0 saturated carbocycles. The van der Waals surface area contributed by atoms with Gasteiger partial charge in [0.1, 0.15) is 24.7 Å². The van der Waals surface area contributed by atoms with Crippen LogP contribution in [0, 0.1) is 17.8 Å². The van der Waals surface area contributed by atoms with Crippen molar-refractivity contribution >= 4 is 90.6 Å². The minimum atomic E-state index is -1.66. The zero-order chi connectivity index (χ0) is 65.1. The normalized spacial score (nSPS) is 16.2. The molecule has 0 radical (unpaired) electrons. The fraction of sp³-hybridized carbons (Fsp3) is 0.625. The van der Waals surface area contributed by atoms with Crippen molar-refractivity contribution in [2.45, 2.75) is 82.5 Å². The average molecular weight is 1320 g/mol. The van der Waals surface area contributed by atoms with Crippen molar-refractivity contribution in [2.75, 3.05) is 125 Å². The van der Waals surface area contributed by atoms with Crippen molar-refractivity contribution in [3.63, 3.8) is 0 Å². The van der Waals surface area contributed by atoms with Crippen molar-refractivity contribution in [3.05, 3.63) is 54.1 Å². The first kappa shape index (κ1) is 78.0. The maximum Gasteiger partial charge on any atom is 3.00 e. The minimum absolute atomic E-state index is 0. The number of imidazole rings is 1. The topological polar surface area (TPSA) is 489 Å². The SMILES string of the molecule is C[C@H](NC(=O)[C@H](CC(=O)O)CC(=O)COCCOCCN)C(=O)C[C@@H](Cc1cnc[nH]1)C(=O)N[C@@H](CO)C(=O)C[C@@H](Cc1ccccc1)C(=O)NC(CO)C(=O)NCCCC(C(=O)O)N1CCN(CC(=O)[O-])CCN(CC(=O)[O-])CCN(CC(=O)[O-])CC1.[Ga+3]. The molecule has 33 heteroatoms. The first-order valence-electron chi connectivity index (χ1n) is 28.7. The summed E-state index contributed by atoms with van der Waals surface area (Å²) in [6, 6.07) is 2.51. The largest absolute Gasteiger partial charge is 3.00 e. The number of carboxylic acids is 5. The fourth-order valence-electron chi connectivity index (χ4n) is 9.56. The Hall–Kier alpha value is -7.05. The third-order valence-electron chi connectivity index (χ3n) is 14.3. The number of aliphatic carboxylic acids is 5. The number of H-pyrrole nitrogens is 1. The van der Waals surface area contributed by atoms with E-state index in [1.807, 2.05) is 0 Å². The van der Waals surface area contributed by atoms with E-state index in [9.17, 15) is 93.3 Å². The van der Waals surface area contributed by atoms with Gasteiger partial charge in [-0.2, -0.15) is 0 Å². The Bertz CT molecular complexity index is 2560. The standard InChI is InChI=1S/C56H85N11O21.Ga/c1-36(61-52(81)40(27-48(73)74)24-42(70)34-88-21-20-87-19-9-57)46(71)25-39(23-41-28-58-35-60-41)54(83)62-43(32-68)47(72)26-38(22-37-6-3-2-4-7-37)53(82)63-44(33-69)55(84)59-10-5-8-45(56(85)86)67-17-15-65(30-50(77)78)13-11-64(29-49(75)76)12-14-66(16-18-67)31-51(79)80;/h2-4,6-7,28,35-36,38-40,43-45,68-69H,5,8-27,29-34,57H2,1H3,(H,58,60)(H,59,84)(H,61,81)(H,62,83)(H,63,82)(H,73,74)(H,75,76)(H,77,78)(H,79,80)(H,85,86);/q;+3/p-3/t36-,38+,39+,40-,43-,44?,45?;/m0./s1. The molecule has 7 atom stereocenters. The summed E-state index contributed by atoms with van der Waals surface area (Å²) >= 11 is 0. The first-order chi connectivity index (χ1) is 41.9. The minimum Gasteiger partial charge on any atom is -0.549 e. The van der Waals surface area contributed by atoms with Gasteiger partial charge in [0.2, 0.25) is 23.6 Å². The van der Waals surface area contributed by atoms with Gasteiger partial charge in [-0.15, -0.1) is 0 Å². The van der Waals surface area contributed by atoms with Crippen LogP contribution in [0.1, 0.15) is 56.7 Å². The number of ketones is 3. The summed E-state index contributed by atoms with van der Waals surface area (Å²) in [4.78, 5) is 167. The van der Waals surface area contributed by atoms with E-state index in [0.29, 0.717) is 11.3 Å². The van der Waals surface area contributed by atoms with E-state index >= 15 is 0 Å². The van der Waals surface area contributed by atoms with Gasteiger partial charge in [0.15, 0.2) is 17.3 Å². The summed E-state index contributed by atoms with van der Waals surface area (Å²) in [5, 5.41) is 85.3. The number of aromatic amines is 1. The molecular formula is C56H82GaN11O21. The maximum absolute atomic E-state index is 14.1. The molecule has 1 aliphatic rings. The molecule has 1 aromatic carbocycles. The molecule has 0 aliphatic carbocycles. The number of nitrogens with zero attached hydrogens (tertiary/aromatic N) is 5. The van der Waals surface area contributed by atoms with Crippen LogP contribution in [0.25, 0.3) is 0 Å². The number of hydrogen-bond donors (Lipinski definition) is 10. The average Bonchev–Trinajstić information content (AvgIpc) is 4.23. The molecular weight excluding hydrogens is 1230 g/mol. The molecule has 2 aromatic rings. The summed E-state index contributed by atoms with van der Waals surface area (Å²) in [5.41, 5.74) is 6.30. The van der Waals surface area contributed by atoms with E-state index in [-0.39, 0.29) is 131 Å². The fourth-order valence-corrected chi connectivity index (χ4v) is 9.56. The molecule has 2 heterocycles. The molecule has 1 fully saturated rings. The number of nitrogens with two attached hydrogens (primary N) is 1. The number of amides is 4. The van der Waals surface area contributed by atoms with Crippen LogP contribution < -0.4 is 42.3 Å². The van der Waals surface area contributed by atoms with Crippen LogP contribution in [0.5, 0.6) is 0 Å². The van der Waals surface area contributed by atoms with Crippen LogP contribution in [-0.2, 0) is 79.8 Å². The monoisotopic (exact) mass is 1310 g/mol.